The molecule has 0 bridgehead atoms. The second-order valence-electron chi connectivity index (χ2n) is 6.31. The molecule has 0 amide bonds. The fourth-order valence-corrected chi connectivity index (χ4v) is 2.97. The Balaban J connectivity index is 1.64. The van der Waals surface area contributed by atoms with Gasteiger partial charge in [-0.3, -0.25) is 4.68 Å². The predicted octanol–water partition coefficient (Wildman–Crippen LogP) is 1.23. The smallest absolute Gasteiger partial charge is 0.352 e. The van der Waals surface area contributed by atoms with Gasteiger partial charge in [-0.05, 0) is 19.4 Å². The van der Waals surface area contributed by atoms with E-state index in [0.29, 0.717) is 18.0 Å². The van der Waals surface area contributed by atoms with Crippen LogP contribution in [0.1, 0.15) is 22.6 Å². The lowest BCUT2D eigenvalue weighted by atomic mass is 10.2. The third-order valence-corrected chi connectivity index (χ3v) is 4.42. The van der Waals surface area contributed by atoms with Gasteiger partial charge in [0.05, 0.1) is 30.7 Å². The maximum atomic E-state index is 12.7. The van der Waals surface area contributed by atoms with Gasteiger partial charge in [0, 0.05) is 11.8 Å². The number of nitrogens with one attached hydrogen (secondary N) is 1. The molecule has 27 heavy (non-hydrogen) atoms. The summed E-state index contributed by atoms with van der Waals surface area (Å²) in [5.41, 5.74) is 2.08. The molecule has 0 aliphatic rings. The van der Waals surface area contributed by atoms with Crippen LogP contribution < -0.4 is 11.4 Å². The summed E-state index contributed by atoms with van der Waals surface area (Å²) in [4.78, 5) is 25.0. The van der Waals surface area contributed by atoms with Crippen molar-refractivity contribution in [2.45, 2.75) is 26.9 Å². The number of benzene rings is 1. The third-order valence-electron chi connectivity index (χ3n) is 4.42. The van der Waals surface area contributed by atoms with Gasteiger partial charge in [0.2, 0.25) is 0 Å². The molecule has 0 saturated carbocycles. The lowest BCUT2D eigenvalue weighted by molar-refractivity contribution is 0.391. The Morgan fingerprint density at radius 3 is 2.59 bits per heavy atom. The van der Waals surface area contributed by atoms with E-state index in [1.807, 2.05) is 44.2 Å². The SMILES string of the molecule is Cc1noc(C)c1Cn1cc(-n2c(=O)[nH]n(Cc3ccccc3)c2=O)cn1. The number of rotatable bonds is 5. The van der Waals surface area contributed by atoms with E-state index in [4.69, 9.17) is 4.52 Å². The number of H-pyrrole nitrogens is 1. The van der Waals surface area contributed by atoms with Crippen molar-refractivity contribution in [2.75, 3.05) is 0 Å². The summed E-state index contributed by atoms with van der Waals surface area (Å²) in [5.74, 6) is 0.716. The summed E-state index contributed by atoms with van der Waals surface area (Å²) in [7, 11) is 0. The zero-order valence-corrected chi connectivity index (χ0v) is 14.9. The number of nitrogens with zero attached hydrogens (tertiary/aromatic N) is 5. The lowest BCUT2D eigenvalue weighted by Gasteiger charge is -2.00. The van der Waals surface area contributed by atoms with Crippen molar-refractivity contribution in [2.24, 2.45) is 0 Å². The summed E-state index contributed by atoms with van der Waals surface area (Å²) < 4.78 is 9.14. The molecule has 0 saturated heterocycles. The first-order chi connectivity index (χ1) is 13.0. The molecule has 1 N–H and O–H groups in total. The van der Waals surface area contributed by atoms with Crippen molar-refractivity contribution in [1.29, 1.82) is 0 Å². The minimum atomic E-state index is -0.507. The van der Waals surface area contributed by atoms with Gasteiger partial charge in [0.15, 0.2) is 0 Å². The van der Waals surface area contributed by atoms with Crippen LogP contribution in [0.15, 0.2) is 56.8 Å². The van der Waals surface area contributed by atoms with Gasteiger partial charge in [-0.15, -0.1) is 0 Å². The first kappa shape index (κ1) is 16.8. The van der Waals surface area contributed by atoms with Crippen molar-refractivity contribution in [3.63, 3.8) is 0 Å². The van der Waals surface area contributed by atoms with Crippen molar-refractivity contribution < 1.29 is 4.52 Å². The molecule has 9 heteroatoms. The van der Waals surface area contributed by atoms with Gasteiger partial charge in [0.1, 0.15) is 5.76 Å². The van der Waals surface area contributed by atoms with E-state index in [2.05, 4.69) is 15.4 Å². The molecule has 0 atom stereocenters. The fourth-order valence-electron chi connectivity index (χ4n) is 2.97. The van der Waals surface area contributed by atoms with E-state index in [-0.39, 0.29) is 6.54 Å². The lowest BCUT2D eigenvalue weighted by Crippen LogP contribution is -2.27. The molecular formula is C18H18N6O3. The molecule has 0 aliphatic heterocycles. The zero-order valence-electron chi connectivity index (χ0n) is 14.9. The maximum Gasteiger partial charge on any atom is 0.352 e. The zero-order chi connectivity index (χ0) is 19.0. The highest BCUT2D eigenvalue weighted by atomic mass is 16.5. The summed E-state index contributed by atoms with van der Waals surface area (Å²) in [6, 6.07) is 9.45. The molecule has 4 rings (SSSR count). The first-order valence-corrected chi connectivity index (χ1v) is 8.43. The Labute approximate surface area is 153 Å². The Morgan fingerprint density at radius 2 is 1.89 bits per heavy atom. The standard InChI is InChI=1S/C18H18N6O3/c1-12-16(13(2)27-21-12)11-22-10-15(8-19-22)24-17(25)20-23(18(24)26)9-14-6-4-3-5-7-14/h3-8,10H,9,11H2,1-2H3,(H,20,25). The largest absolute Gasteiger partial charge is 0.361 e. The van der Waals surface area contributed by atoms with Gasteiger partial charge in [0.25, 0.3) is 0 Å². The molecule has 0 radical (unpaired) electrons. The molecule has 0 spiro atoms. The monoisotopic (exact) mass is 366 g/mol. The quantitative estimate of drug-likeness (QED) is 0.572. The Bertz CT molecular complexity index is 1170. The minimum absolute atomic E-state index is 0.287. The van der Waals surface area contributed by atoms with Crippen LogP contribution in [0, 0.1) is 13.8 Å². The summed E-state index contributed by atoms with van der Waals surface area (Å²) in [6.07, 6.45) is 3.14. The number of aromatic amines is 1. The fraction of sp³-hybridized carbons (Fsp3) is 0.222. The maximum absolute atomic E-state index is 12.7. The summed E-state index contributed by atoms with van der Waals surface area (Å²) in [6.45, 7) is 4.42. The van der Waals surface area contributed by atoms with Crippen LogP contribution in [-0.2, 0) is 13.1 Å². The predicted molar refractivity (Wildman–Crippen MR) is 97.1 cm³/mol. The molecule has 3 aromatic heterocycles. The average molecular weight is 366 g/mol. The highest BCUT2D eigenvalue weighted by Gasteiger charge is 2.15. The number of hydrogen-bond donors (Lipinski definition) is 1. The van der Waals surface area contributed by atoms with Gasteiger partial charge in [-0.25, -0.2) is 23.9 Å². The Kier molecular flexibility index (Phi) is 4.11. The second kappa shape index (κ2) is 6.60. The molecule has 9 nitrogen and oxygen atoms in total. The topological polar surface area (TPSA) is 104 Å². The highest BCUT2D eigenvalue weighted by molar-refractivity contribution is 5.26. The van der Waals surface area contributed by atoms with Crippen LogP contribution in [-0.4, -0.2) is 29.3 Å². The molecule has 0 aliphatic carbocycles. The van der Waals surface area contributed by atoms with Gasteiger partial charge in [-0.2, -0.15) is 5.10 Å². The number of hydrogen-bond acceptors (Lipinski definition) is 5. The first-order valence-electron chi connectivity index (χ1n) is 8.43. The van der Waals surface area contributed by atoms with Crippen LogP contribution >= 0.6 is 0 Å². The summed E-state index contributed by atoms with van der Waals surface area (Å²) in [5, 5.41) is 10.8. The third kappa shape index (κ3) is 3.14. The molecule has 3 heterocycles. The van der Waals surface area contributed by atoms with Crippen LogP contribution in [0.2, 0.25) is 0 Å². The second-order valence-corrected chi connectivity index (χ2v) is 6.31. The molecular weight excluding hydrogens is 348 g/mol. The van der Waals surface area contributed by atoms with Crippen LogP contribution in [0.5, 0.6) is 0 Å². The van der Waals surface area contributed by atoms with Crippen LogP contribution in [0.4, 0.5) is 0 Å². The van der Waals surface area contributed by atoms with Crippen LogP contribution in [0.25, 0.3) is 5.69 Å². The van der Waals surface area contributed by atoms with Crippen LogP contribution in [0.3, 0.4) is 0 Å². The van der Waals surface area contributed by atoms with Crippen molar-refractivity contribution in [3.8, 4) is 5.69 Å². The Morgan fingerprint density at radius 1 is 1.11 bits per heavy atom. The molecule has 1 aromatic carbocycles. The number of aromatic nitrogens is 6. The van der Waals surface area contributed by atoms with Crippen molar-refractivity contribution >= 4 is 0 Å². The van der Waals surface area contributed by atoms with Gasteiger partial charge >= 0.3 is 11.4 Å². The molecule has 4 aromatic rings. The van der Waals surface area contributed by atoms with E-state index >= 15 is 0 Å². The highest BCUT2D eigenvalue weighted by Crippen LogP contribution is 2.14. The summed E-state index contributed by atoms with van der Waals surface area (Å²) >= 11 is 0. The van der Waals surface area contributed by atoms with E-state index in [1.165, 1.54) is 10.9 Å². The van der Waals surface area contributed by atoms with E-state index in [0.717, 1.165) is 21.4 Å². The van der Waals surface area contributed by atoms with Crippen molar-refractivity contribution in [3.05, 3.63) is 86.3 Å². The normalized spacial score (nSPS) is 11.2. The van der Waals surface area contributed by atoms with E-state index in [9.17, 15) is 9.59 Å². The number of aryl methyl sites for hydroxylation is 2. The van der Waals surface area contributed by atoms with E-state index in [1.54, 1.807) is 10.9 Å². The molecule has 0 unspecified atom stereocenters. The van der Waals surface area contributed by atoms with Crippen molar-refractivity contribution in [1.82, 2.24) is 29.3 Å². The minimum Gasteiger partial charge on any atom is -0.361 e. The molecule has 0 fully saturated rings. The average Bonchev–Trinajstić information content (AvgIpc) is 3.31. The van der Waals surface area contributed by atoms with Gasteiger partial charge in [-0.1, -0.05) is 35.5 Å². The van der Waals surface area contributed by atoms with E-state index < -0.39 is 11.4 Å². The molecule has 138 valence electrons. The Hall–Kier alpha value is -3.62. The van der Waals surface area contributed by atoms with Gasteiger partial charge < -0.3 is 4.52 Å².